The zero-order chi connectivity index (χ0) is 15.9. The van der Waals surface area contributed by atoms with Crippen molar-refractivity contribution >= 4 is 0 Å². The summed E-state index contributed by atoms with van der Waals surface area (Å²) >= 11 is 0. The lowest BCUT2D eigenvalue weighted by Crippen LogP contribution is -2.41. The lowest BCUT2D eigenvalue weighted by Gasteiger charge is -2.32. The van der Waals surface area contributed by atoms with Gasteiger partial charge in [-0.25, -0.2) is 0 Å². The molecule has 0 radical (unpaired) electrons. The van der Waals surface area contributed by atoms with Crippen LogP contribution in [0.2, 0.25) is 0 Å². The minimum atomic E-state index is 0.390. The Balaban J connectivity index is 1.39. The van der Waals surface area contributed by atoms with Crippen molar-refractivity contribution in [2.45, 2.75) is 38.6 Å². The molecule has 0 spiro atoms. The van der Waals surface area contributed by atoms with E-state index in [4.69, 9.17) is 9.26 Å². The van der Waals surface area contributed by atoms with E-state index in [-0.39, 0.29) is 0 Å². The molecule has 1 fully saturated rings. The van der Waals surface area contributed by atoms with Gasteiger partial charge in [-0.1, -0.05) is 35.5 Å². The Morgan fingerprint density at radius 1 is 1.26 bits per heavy atom. The number of rotatable bonds is 7. The molecule has 1 aliphatic rings. The minimum Gasteiger partial charge on any atom is -0.377 e. The summed E-state index contributed by atoms with van der Waals surface area (Å²) in [6.07, 6.45) is 2.29. The zero-order valence-corrected chi connectivity index (χ0v) is 13.6. The molecule has 0 unspecified atom stereocenters. The smallest absolute Gasteiger partial charge is 0.240 e. The van der Waals surface area contributed by atoms with Crippen LogP contribution in [0.1, 0.15) is 30.1 Å². The Labute approximate surface area is 136 Å². The van der Waals surface area contributed by atoms with Crippen molar-refractivity contribution in [1.29, 1.82) is 0 Å². The van der Waals surface area contributed by atoms with Gasteiger partial charge in [0.15, 0.2) is 5.82 Å². The van der Waals surface area contributed by atoms with Crippen molar-refractivity contribution in [1.82, 2.24) is 20.4 Å². The molecule has 1 saturated heterocycles. The SMILES string of the molecule is COCc1noc(CNC2CCN(Cc3ccccc3)CC2)n1. The Hall–Kier alpha value is -1.76. The van der Waals surface area contributed by atoms with Gasteiger partial charge >= 0.3 is 0 Å². The van der Waals surface area contributed by atoms with Gasteiger partial charge in [-0.3, -0.25) is 4.90 Å². The lowest BCUT2D eigenvalue weighted by molar-refractivity contribution is 0.174. The molecule has 2 aromatic rings. The van der Waals surface area contributed by atoms with Gasteiger partial charge < -0.3 is 14.6 Å². The van der Waals surface area contributed by atoms with E-state index in [2.05, 4.69) is 50.7 Å². The summed E-state index contributed by atoms with van der Waals surface area (Å²) < 4.78 is 10.2. The number of aromatic nitrogens is 2. The second-order valence-electron chi connectivity index (χ2n) is 5.95. The average Bonchev–Trinajstić information content (AvgIpc) is 3.03. The van der Waals surface area contributed by atoms with Gasteiger partial charge in [-0.15, -0.1) is 0 Å². The molecule has 6 heteroatoms. The summed E-state index contributed by atoms with van der Waals surface area (Å²) in [4.78, 5) is 6.79. The van der Waals surface area contributed by atoms with Crippen molar-refractivity contribution < 1.29 is 9.26 Å². The van der Waals surface area contributed by atoms with Crippen LogP contribution in [-0.4, -0.2) is 41.3 Å². The number of nitrogens with zero attached hydrogens (tertiary/aromatic N) is 3. The minimum absolute atomic E-state index is 0.390. The van der Waals surface area contributed by atoms with Crippen LogP contribution in [0.4, 0.5) is 0 Å². The summed E-state index contributed by atoms with van der Waals surface area (Å²) in [6.45, 7) is 4.29. The normalized spacial score (nSPS) is 16.7. The Bertz CT molecular complexity index is 579. The molecule has 2 heterocycles. The standard InChI is InChI=1S/C17H24N4O2/c1-22-13-16-19-17(23-20-16)11-18-15-7-9-21(10-8-15)12-14-5-3-2-4-6-14/h2-6,15,18H,7-13H2,1H3. The van der Waals surface area contributed by atoms with E-state index in [0.29, 0.717) is 30.9 Å². The van der Waals surface area contributed by atoms with Gasteiger partial charge in [0.1, 0.15) is 6.61 Å². The van der Waals surface area contributed by atoms with E-state index in [0.717, 1.165) is 32.5 Å². The molecular weight excluding hydrogens is 292 g/mol. The number of methoxy groups -OCH3 is 1. The number of hydrogen-bond acceptors (Lipinski definition) is 6. The first-order chi connectivity index (χ1) is 11.3. The van der Waals surface area contributed by atoms with E-state index < -0.39 is 0 Å². The molecule has 23 heavy (non-hydrogen) atoms. The summed E-state index contributed by atoms with van der Waals surface area (Å²) in [7, 11) is 1.62. The van der Waals surface area contributed by atoms with E-state index in [1.807, 2.05) is 0 Å². The van der Waals surface area contributed by atoms with Crippen molar-refractivity contribution in [3.05, 3.63) is 47.6 Å². The quantitative estimate of drug-likeness (QED) is 0.842. The monoisotopic (exact) mass is 316 g/mol. The second kappa shape index (κ2) is 8.19. The summed E-state index contributed by atoms with van der Waals surface area (Å²) in [6, 6.07) is 11.2. The van der Waals surface area contributed by atoms with E-state index in [1.54, 1.807) is 7.11 Å². The number of ether oxygens (including phenoxy) is 1. The second-order valence-corrected chi connectivity index (χ2v) is 5.95. The van der Waals surface area contributed by atoms with E-state index in [9.17, 15) is 0 Å². The molecular formula is C17H24N4O2. The molecule has 6 nitrogen and oxygen atoms in total. The number of likely N-dealkylation sites (tertiary alicyclic amines) is 1. The lowest BCUT2D eigenvalue weighted by atomic mass is 10.0. The zero-order valence-electron chi connectivity index (χ0n) is 13.6. The highest BCUT2D eigenvalue weighted by Gasteiger charge is 2.19. The maximum absolute atomic E-state index is 5.19. The van der Waals surface area contributed by atoms with Crippen LogP contribution in [0.15, 0.2) is 34.9 Å². The summed E-state index contributed by atoms with van der Waals surface area (Å²) in [5, 5.41) is 7.38. The molecule has 1 aromatic heterocycles. The fourth-order valence-electron chi connectivity index (χ4n) is 2.92. The Morgan fingerprint density at radius 2 is 2.04 bits per heavy atom. The van der Waals surface area contributed by atoms with Crippen LogP contribution in [0.25, 0.3) is 0 Å². The van der Waals surface area contributed by atoms with Crippen LogP contribution < -0.4 is 5.32 Å². The fourth-order valence-corrected chi connectivity index (χ4v) is 2.92. The highest BCUT2D eigenvalue weighted by Crippen LogP contribution is 2.14. The third kappa shape index (κ3) is 4.86. The molecule has 1 N–H and O–H groups in total. The molecule has 0 saturated carbocycles. The van der Waals surface area contributed by atoms with Crippen LogP contribution in [-0.2, 0) is 24.4 Å². The van der Waals surface area contributed by atoms with Crippen LogP contribution in [0.3, 0.4) is 0 Å². The number of nitrogens with one attached hydrogen (secondary N) is 1. The van der Waals surface area contributed by atoms with Crippen LogP contribution in [0, 0.1) is 0 Å². The molecule has 0 aliphatic carbocycles. The summed E-state index contributed by atoms with van der Waals surface area (Å²) in [5.74, 6) is 1.23. The number of hydrogen-bond donors (Lipinski definition) is 1. The first-order valence-corrected chi connectivity index (χ1v) is 8.13. The first-order valence-electron chi connectivity index (χ1n) is 8.13. The average molecular weight is 316 g/mol. The van der Waals surface area contributed by atoms with Gasteiger partial charge in [0.25, 0.3) is 0 Å². The van der Waals surface area contributed by atoms with E-state index in [1.165, 1.54) is 5.56 Å². The largest absolute Gasteiger partial charge is 0.377 e. The molecule has 0 atom stereocenters. The molecule has 0 bridgehead atoms. The van der Waals surface area contributed by atoms with Crippen LogP contribution in [0.5, 0.6) is 0 Å². The van der Waals surface area contributed by atoms with Gasteiger partial charge in [-0.05, 0) is 31.5 Å². The number of piperidine rings is 1. The Kier molecular flexibility index (Phi) is 5.74. The highest BCUT2D eigenvalue weighted by atomic mass is 16.5. The predicted octanol–water partition coefficient (Wildman–Crippen LogP) is 1.97. The fraction of sp³-hybridized carbons (Fsp3) is 0.529. The highest BCUT2D eigenvalue weighted by molar-refractivity contribution is 5.14. The third-order valence-electron chi connectivity index (χ3n) is 4.16. The molecule has 1 aromatic carbocycles. The van der Waals surface area contributed by atoms with Crippen molar-refractivity contribution in [2.75, 3.05) is 20.2 Å². The molecule has 3 rings (SSSR count). The van der Waals surface area contributed by atoms with E-state index >= 15 is 0 Å². The predicted molar refractivity (Wildman–Crippen MR) is 86.6 cm³/mol. The molecule has 0 amide bonds. The molecule has 1 aliphatic heterocycles. The van der Waals surface area contributed by atoms with Gasteiger partial charge in [0, 0.05) is 19.7 Å². The first kappa shape index (κ1) is 16.1. The van der Waals surface area contributed by atoms with Gasteiger partial charge in [-0.2, -0.15) is 4.98 Å². The van der Waals surface area contributed by atoms with Gasteiger partial charge in [0.2, 0.25) is 5.89 Å². The van der Waals surface area contributed by atoms with Crippen molar-refractivity contribution in [3.8, 4) is 0 Å². The molecule has 124 valence electrons. The maximum Gasteiger partial charge on any atom is 0.240 e. The van der Waals surface area contributed by atoms with Crippen molar-refractivity contribution in [2.24, 2.45) is 0 Å². The van der Waals surface area contributed by atoms with Crippen LogP contribution >= 0.6 is 0 Å². The third-order valence-corrected chi connectivity index (χ3v) is 4.16. The van der Waals surface area contributed by atoms with Crippen molar-refractivity contribution in [3.63, 3.8) is 0 Å². The summed E-state index contributed by atoms with van der Waals surface area (Å²) in [5.41, 5.74) is 1.38. The number of benzene rings is 1. The Morgan fingerprint density at radius 3 is 2.78 bits per heavy atom. The maximum atomic E-state index is 5.19. The van der Waals surface area contributed by atoms with Gasteiger partial charge in [0.05, 0.1) is 6.54 Å². The topological polar surface area (TPSA) is 63.4 Å².